The Balaban J connectivity index is 0.00000225. The van der Waals surface area contributed by atoms with Crippen molar-refractivity contribution in [3.05, 3.63) is 76.5 Å². The van der Waals surface area contributed by atoms with Crippen LogP contribution in [0.5, 0.6) is 0 Å². The summed E-state index contributed by atoms with van der Waals surface area (Å²) in [6.45, 7) is 2.35. The predicted octanol–water partition coefficient (Wildman–Crippen LogP) is 3.48. The van der Waals surface area contributed by atoms with Crippen molar-refractivity contribution in [1.82, 2.24) is 20.2 Å². The number of imidazole rings is 1. The first-order valence-electron chi connectivity index (χ1n) is 7.82. The van der Waals surface area contributed by atoms with Gasteiger partial charge in [-0.1, -0.05) is 24.3 Å². The summed E-state index contributed by atoms with van der Waals surface area (Å²) in [6.07, 6.45) is 5.61. The molecule has 7 heteroatoms. The monoisotopic (exact) mass is 467 g/mol. The third-order valence-electron chi connectivity index (χ3n) is 3.64. The van der Waals surface area contributed by atoms with Crippen molar-refractivity contribution >= 4 is 41.3 Å². The summed E-state index contributed by atoms with van der Waals surface area (Å²) in [5.74, 6) is 0.807. The Bertz CT molecular complexity index is 769. The van der Waals surface area contributed by atoms with Crippen molar-refractivity contribution in [2.75, 3.05) is 7.05 Å². The summed E-state index contributed by atoms with van der Waals surface area (Å²) in [7, 11) is 1.79. The molecule has 0 atom stereocenters. The molecule has 2 N–H and O–H groups in total. The normalized spacial score (nSPS) is 11.0. The molecule has 0 amide bonds. The molecule has 0 aliphatic rings. The number of nitrogens with one attached hydrogen (secondary N) is 2. The van der Waals surface area contributed by atoms with Crippen LogP contribution >= 0.6 is 35.3 Å². The summed E-state index contributed by atoms with van der Waals surface area (Å²) in [6, 6.07) is 10.7. The van der Waals surface area contributed by atoms with E-state index in [4.69, 9.17) is 0 Å². The Hall–Kier alpha value is -1.87. The van der Waals surface area contributed by atoms with Crippen LogP contribution in [0.25, 0.3) is 0 Å². The number of nitrogens with zero attached hydrogens (tertiary/aromatic N) is 3. The van der Waals surface area contributed by atoms with Crippen molar-refractivity contribution in [1.29, 1.82) is 0 Å². The molecule has 0 spiro atoms. The molecular weight excluding hydrogens is 445 g/mol. The third-order valence-corrected chi connectivity index (χ3v) is 4.37. The Morgan fingerprint density at radius 1 is 1.16 bits per heavy atom. The topological polar surface area (TPSA) is 54.2 Å². The second kappa shape index (κ2) is 10.2. The summed E-state index contributed by atoms with van der Waals surface area (Å²) in [4.78, 5) is 8.35. The molecule has 0 saturated carbocycles. The zero-order valence-corrected chi connectivity index (χ0v) is 17.2. The number of thiophene rings is 1. The van der Waals surface area contributed by atoms with Crippen LogP contribution in [0.1, 0.15) is 16.7 Å². The quantitative estimate of drug-likeness (QED) is 0.332. The lowest BCUT2D eigenvalue weighted by atomic mass is 10.1. The second-order valence-electron chi connectivity index (χ2n) is 5.47. The van der Waals surface area contributed by atoms with Crippen molar-refractivity contribution < 1.29 is 0 Å². The Morgan fingerprint density at radius 3 is 2.64 bits per heavy atom. The zero-order chi connectivity index (χ0) is 16.6. The molecule has 132 valence electrons. The third kappa shape index (κ3) is 6.17. The molecular formula is C18H22IN5S. The molecule has 0 fully saturated rings. The van der Waals surface area contributed by atoms with E-state index in [1.807, 2.05) is 12.5 Å². The molecule has 2 heterocycles. The SMILES string of the molecule is CN=C(NCc1ccsc1)NCc1cccc(Cn2ccnc2)c1.I. The van der Waals surface area contributed by atoms with Gasteiger partial charge in [0.05, 0.1) is 6.33 Å². The highest BCUT2D eigenvalue weighted by molar-refractivity contribution is 14.0. The first-order valence-corrected chi connectivity index (χ1v) is 8.77. The number of hydrogen-bond donors (Lipinski definition) is 2. The highest BCUT2D eigenvalue weighted by Crippen LogP contribution is 2.08. The fraction of sp³-hybridized carbons (Fsp3) is 0.222. The molecule has 0 unspecified atom stereocenters. The van der Waals surface area contributed by atoms with Crippen molar-refractivity contribution in [2.45, 2.75) is 19.6 Å². The maximum atomic E-state index is 4.27. The van der Waals surface area contributed by atoms with Crippen molar-refractivity contribution in [3.8, 4) is 0 Å². The summed E-state index contributed by atoms with van der Waals surface area (Å²) >= 11 is 1.71. The zero-order valence-electron chi connectivity index (χ0n) is 14.1. The van der Waals surface area contributed by atoms with Crippen molar-refractivity contribution in [2.24, 2.45) is 4.99 Å². The lowest BCUT2D eigenvalue weighted by molar-refractivity contribution is 0.787. The van der Waals surface area contributed by atoms with Crippen molar-refractivity contribution in [3.63, 3.8) is 0 Å². The van der Waals surface area contributed by atoms with E-state index in [0.717, 1.165) is 25.6 Å². The summed E-state index contributed by atoms with van der Waals surface area (Å²) in [5, 5.41) is 10.9. The van der Waals surface area contributed by atoms with Gasteiger partial charge in [0.25, 0.3) is 0 Å². The van der Waals surface area contributed by atoms with Crippen LogP contribution in [0, 0.1) is 0 Å². The molecule has 3 aromatic rings. The number of guanidine groups is 1. The van der Waals surface area contributed by atoms with E-state index < -0.39 is 0 Å². The minimum atomic E-state index is 0. The van der Waals surface area contributed by atoms with Gasteiger partial charge in [0.1, 0.15) is 0 Å². The van der Waals surface area contributed by atoms with Gasteiger partial charge in [0, 0.05) is 39.1 Å². The number of benzene rings is 1. The maximum absolute atomic E-state index is 4.27. The smallest absolute Gasteiger partial charge is 0.191 e. The van der Waals surface area contributed by atoms with E-state index in [2.05, 4.69) is 66.3 Å². The molecule has 2 aromatic heterocycles. The highest BCUT2D eigenvalue weighted by atomic mass is 127. The molecule has 5 nitrogen and oxygen atoms in total. The standard InChI is InChI=1S/C18H21N5S.HI/c1-19-18(22-11-17-5-8-24-13-17)21-10-15-3-2-4-16(9-15)12-23-7-6-20-14-23;/h2-9,13-14H,10-12H2,1H3,(H2,19,21,22);1H. The molecule has 0 bridgehead atoms. The Morgan fingerprint density at radius 2 is 1.96 bits per heavy atom. The van der Waals surface area contributed by atoms with E-state index in [-0.39, 0.29) is 24.0 Å². The van der Waals surface area contributed by atoms with Crippen LogP contribution in [-0.2, 0) is 19.6 Å². The Labute approximate surface area is 169 Å². The van der Waals surface area contributed by atoms with Gasteiger partial charge in [0.15, 0.2) is 5.96 Å². The average molecular weight is 467 g/mol. The van der Waals surface area contributed by atoms with Crippen LogP contribution in [0.2, 0.25) is 0 Å². The van der Waals surface area contributed by atoms with Gasteiger partial charge in [-0.05, 0) is 33.5 Å². The highest BCUT2D eigenvalue weighted by Gasteiger charge is 2.01. The molecule has 25 heavy (non-hydrogen) atoms. The molecule has 0 aliphatic heterocycles. The number of aliphatic imine (C=N–C) groups is 1. The summed E-state index contributed by atoms with van der Waals surface area (Å²) < 4.78 is 2.06. The summed E-state index contributed by atoms with van der Waals surface area (Å²) in [5.41, 5.74) is 3.75. The molecule has 0 radical (unpaired) electrons. The number of halogens is 1. The molecule has 0 aliphatic carbocycles. The number of hydrogen-bond acceptors (Lipinski definition) is 3. The van der Waals surface area contributed by atoms with Crippen LogP contribution in [0.15, 0.2) is 64.8 Å². The van der Waals surface area contributed by atoms with Gasteiger partial charge < -0.3 is 15.2 Å². The first-order chi connectivity index (χ1) is 11.8. The minimum absolute atomic E-state index is 0. The lowest BCUT2D eigenvalue weighted by Gasteiger charge is -2.12. The fourth-order valence-electron chi connectivity index (χ4n) is 2.41. The van der Waals surface area contributed by atoms with Crippen LogP contribution < -0.4 is 10.6 Å². The van der Waals surface area contributed by atoms with E-state index in [9.17, 15) is 0 Å². The van der Waals surface area contributed by atoms with E-state index in [1.165, 1.54) is 16.7 Å². The maximum Gasteiger partial charge on any atom is 0.191 e. The second-order valence-corrected chi connectivity index (χ2v) is 6.25. The van der Waals surface area contributed by atoms with Gasteiger partial charge in [-0.25, -0.2) is 4.98 Å². The largest absolute Gasteiger partial charge is 0.352 e. The minimum Gasteiger partial charge on any atom is -0.352 e. The van der Waals surface area contributed by atoms with Gasteiger partial charge in [-0.15, -0.1) is 24.0 Å². The van der Waals surface area contributed by atoms with E-state index in [1.54, 1.807) is 24.6 Å². The molecule has 1 aromatic carbocycles. The number of aromatic nitrogens is 2. The van der Waals surface area contributed by atoms with E-state index >= 15 is 0 Å². The average Bonchev–Trinajstić information content (AvgIpc) is 3.29. The van der Waals surface area contributed by atoms with Gasteiger partial charge >= 0.3 is 0 Å². The fourth-order valence-corrected chi connectivity index (χ4v) is 3.08. The Kier molecular flexibility index (Phi) is 7.93. The van der Waals surface area contributed by atoms with Gasteiger partial charge in [0.2, 0.25) is 0 Å². The predicted molar refractivity (Wildman–Crippen MR) is 115 cm³/mol. The van der Waals surface area contributed by atoms with Crippen LogP contribution in [-0.4, -0.2) is 22.6 Å². The lowest BCUT2D eigenvalue weighted by Crippen LogP contribution is -2.36. The number of rotatable bonds is 6. The van der Waals surface area contributed by atoms with Gasteiger partial charge in [-0.2, -0.15) is 11.3 Å². The van der Waals surface area contributed by atoms with Gasteiger partial charge in [-0.3, -0.25) is 4.99 Å². The molecule has 3 rings (SSSR count). The van der Waals surface area contributed by atoms with E-state index in [0.29, 0.717) is 0 Å². The molecule has 0 saturated heterocycles. The van der Waals surface area contributed by atoms with Crippen LogP contribution in [0.4, 0.5) is 0 Å². The first kappa shape index (κ1) is 19.5. The van der Waals surface area contributed by atoms with Crippen LogP contribution in [0.3, 0.4) is 0 Å².